The Labute approximate surface area is 505 Å². The second-order valence-corrected chi connectivity index (χ2v) is 25.7. The van der Waals surface area contributed by atoms with Crippen LogP contribution in [0.2, 0.25) is 0 Å². The van der Waals surface area contributed by atoms with Crippen molar-refractivity contribution < 1.29 is 28.6 Å². The lowest BCUT2D eigenvalue weighted by atomic mass is 9.75. The quantitative estimate of drug-likeness (QED) is 0.0336. The van der Waals surface area contributed by atoms with Crippen LogP contribution >= 0.6 is 0 Å². The fourth-order valence-electron chi connectivity index (χ4n) is 12.4. The fourth-order valence-corrected chi connectivity index (χ4v) is 12.4. The minimum atomic E-state index is -0.555. The average Bonchev–Trinajstić information content (AvgIpc) is 3.48. The Balaban J connectivity index is 3.29. The largest absolute Gasteiger partial charge is 0.462 e. The number of esters is 3. The SMILES string of the molecule is CCCCCCCCN(CCCCCCCC)CCC(CC)OC(=O)[C@H]1C[C@@H](C(=O)OC(CC)CCN(CCCCCCCC)CCCCCCCC)C[C@@H](C(=O)OC(CC)CCN(CCCCCCCC)CCCCCCCC)C1. The highest BCUT2D eigenvalue weighted by atomic mass is 16.6. The van der Waals surface area contributed by atoms with Gasteiger partial charge in [-0.3, -0.25) is 14.4 Å². The van der Waals surface area contributed by atoms with Crippen molar-refractivity contribution in [2.45, 2.75) is 370 Å². The Morgan fingerprint density at radius 2 is 0.444 bits per heavy atom. The molecule has 0 amide bonds. The van der Waals surface area contributed by atoms with E-state index in [9.17, 15) is 14.4 Å². The molecule has 0 aromatic carbocycles. The van der Waals surface area contributed by atoms with E-state index in [0.29, 0.717) is 19.3 Å². The van der Waals surface area contributed by atoms with Crippen molar-refractivity contribution in [2.24, 2.45) is 17.8 Å². The molecule has 3 atom stereocenters. The third-order valence-corrected chi connectivity index (χ3v) is 18.2. The molecule has 81 heavy (non-hydrogen) atoms. The van der Waals surface area contributed by atoms with Crippen LogP contribution in [0.3, 0.4) is 0 Å². The Morgan fingerprint density at radius 1 is 0.272 bits per heavy atom. The molecule has 9 heteroatoms. The predicted molar refractivity (Wildman–Crippen MR) is 348 cm³/mol. The summed E-state index contributed by atoms with van der Waals surface area (Å²) in [6, 6.07) is 0. The highest BCUT2D eigenvalue weighted by Crippen LogP contribution is 2.37. The molecule has 3 unspecified atom stereocenters. The second kappa shape index (κ2) is 56.1. The summed E-state index contributed by atoms with van der Waals surface area (Å²) in [4.78, 5) is 51.5. The van der Waals surface area contributed by atoms with E-state index < -0.39 is 17.8 Å². The molecule has 1 saturated carbocycles. The van der Waals surface area contributed by atoms with Crippen LogP contribution in [0.15, 0.2) is 0 Å². The second-order valence-electron chi connectivity index (χ2n) is 25.7. The maximum absolute atomic E-state index is 14.5. The predicted octanol–water partition coefficient (Wildman–Crippen LogP) is 20.2. The molecule has 0 N–H and O–H groups in total. The lowest BCUT2D eigenvalue weighted by Gasteiger charge is -2.34. The van der Waals surface area contributed by atoms with Crippen molar-refractivity contribution in [1.82, 2.24) is 14.7 Å². The molecule has 0 spiro atoms. The molecule has 480 valence electrons. The molecule has 1 aliphatic carbocycles. The number of hydrogen-bond acceptors (Lipinski definition) is 9. The third-order valence-electron chi connectivity index (χ3n) is 18.2. The van der Waals surface area contributed by atoms with E-state index >= 15 is 0 Å². The molecule has 0 saturated heterocycles. The molecule has 0 bridgehead atoms. The summed E-state index contributed by atoms with van der Waals surface area (Å²) in [5.41, 5.74) is 0. The van der Waals surface area contributed by atoms with Crippen LogP contribution < -0.4 is 0 Å². The molecule has 1 aliphatic rings. The topological polar surface area (TPSA) is 88.6 Å². The first-order valence-corrected chi connectivity index (χ1v) is 36.4. The first-order chi connectivity index (χ1) is 39.6. The zero-order valence-electron chi connectivity index (χ0n) is 55.9. The molecule has 0 aromatic heterocycles. The van der Waals surface area contributed by atoms with Crippen LogP contribution in [0.5, 0.6) is 0 Å². The van der Waals surface area contributed by atoms with Crippen molar-refractivity contribution >= 4 is 17.9 Å². The Kier molecular flexibility index (Phi) is 53.6. The molecule has 0 radical (unpaired) electrons. The number of unbranched alkanes of at least 4 members (excludes halogenated alkanes) is 30. The zero-order valence-corrected chi connectivity index (χ0v) is 55.9. The van der Waals surface area contributed by atoms with E-state index in [2.05, 4.69) is 77.0 Å². The highest BCUT2D eigenvalue weighted by Gasteiger charge is 2.42. The van der Waals surface area contributed by atoms with Gasteiger partial charge in [-0.2, -0.15) is 0 Å². The van der Waals surface area contributed by atoms with E-state index in [4.69, 9.17) is 14.2 Å². The Hall–Kier alpha value is -1.71. The number of hydrogen-bond donors (Lipinski definition) is 0. The molecular formula is C72H141N3O6. The Bertz CT molecular complexity index is 1180. The van der Waals surface area contributed by atoms with Crippen LogP contribution in [0.1, 0.15) is 351 Å². The van der Waals surface area contributed by atoms with Crippen LogP contribution in [-0.4, -0.2) is 110 Å². The number of rotatable bonds is 60. The van der Waals surface area contributed by atoms with Crippen molar-refractivity contribution in [3.05, 3.63) is 0 Å². The monoisotopic (exact) mass is 1140 g/mol. The first-order valence-electron chi connectivity index (χ1n) is 36.4. The molecule has 1 fully saturated rings. The van der Waals surface area contributed by atoms with Crippen LogP contribution in [0.4, 0.5) is 0 Å². The summed E-state index contributed by atoms with van der Waals surface area (Å²) < 4.78 is 19.4. The van der Waals surface area contributed by atoms with E-state index in [1.54, 1.807) is 0 Å². The standard InChI is InChI=1S/C72H141N3O6/c1-10-19-25-31-37-43-52-73(53-44-38-32-26-20-11-2)58-49-67(16-7)79-70(76)64-61-65(71(77)80-68(17-8)50-59-74(54-45-39-33-27-21-12-3)55-46-40-34-28-22-13-4)63-66(62-64)72(78)81-69(18-9)51-60-75(56-47-41-35-29-23-14-5)57-48-42-36-30-24-15-6/h64-69H,10-63H2,1-9H3/t64-,65+,66-,67?,68?,69?. The van der Waals surface area contributed by atoms with Crippen LogP contribution in [0.25, 0.3) is 0 Å². The summed E-state index contributed by atoms with van der Waals surface area (Å²) in [7, 11) is 0. The Morgan fingerprint density at radius 3 is 0.617 bits per heavy atom. The van der Waals surface area contributed by atoms with Gasteiger partial charge in [-0.25, -0.2) is 0 Å². The van der Waals surface area contributed by atoms with Gasteiger partial charge in [0, 0.05) is 19.6 Å². The molecule has 1 rings (SSSR count). The number of ether oxygens (including phenoxy) is 3. The lowest BCUT2D eigenvalue weighted by molar-refractivity contribution is -0.167. The third kappa shape index (κ3) is 42.7. The van der Waals surface area contributed by atoms with E-state index in [1.807, 2.05) is 0 Å². The fraction of sp³-hybridized carbons (Fsp3) is 0.958. The van der Waals surface area contributed by atoms with Crippen LogP contribution in [0, 0.1) is 17.8 Å². The van der Waals surface area contributed by atoms with Crippen molar-refractivity contribution in [2.75, 3.05) is 58.9 Å². The van der Waals surface area contributed by atoms with Gasteiger partial charge >= 0.3 is 17.9 Å². The van der Waals surface area contributed by atoms with Gasteiger partial charge in [0.2, 0.25) is 0 Å². The zero-order chi connectivity index (χ0) is 59.2. The minimum Gasteiger partial charge on any atom is -0.462 e. The van der Waals surface area contributed by atoms with Gasteiger partial charge < -0.3 is 28.9 Å². The summed E-state index contributed by atoms with van der Waals surface area (Å²) in [5.74, 6) is -2.43. The van der Waals surface area contributed by atoms with Gasteiger partial charge in [-0.05, 0) is 136 Å². The normalized spacial score (nSPS) is 16.8. The summed E-state index contributed by atoms with van der Waals surface area (Å²) in [6.07, 6.45) is 51.5. The van der Waals surface area contributed by atoms with Crippen molar-refractivity contribution in [3.8, 4) is 0 Å². The van der Waals surface area contributed by atoms with E-state index in [-0.39, 0.29) is 36.2 Å². The molecule has 0 aliphatic heterocycles. The van der Waals surface area contributed by atoms with Gasteiger partial charge in [0.1, 0.15) is 18.3 Å². The van der Waals surface area contributed by atoms with Gasteiger partial charge in [-0.1, -0.05) is 255 Å². The summed E-state index contributed by atoms with van der Waals surface area (Å²) in [6.45, 7) is 29.5. The summed E-state index contributed by atoms with van der Waals surface area (Å²) in [5, 5.41) is 0. The van der Waals surface area contributed by atoms with Gasteiger partial charge in [0.25, 0.3) is 0 Å². The average molecular weight is 1140 g/mol. The van der Waals surface area contributed by atoms with Crippen LogP contribution in [-0.2, 0) is 28.6 Å². The maximum Gasteiger partial charge on any atom is 0.309 e. The highest BCUT2D eigenvalue weighted by molar-refractivity contribution is 5.80. The van der Waals surface area contributed by atoms with E-state index in [1.165, 1.54) is 231 Å². The molecule has 0 heterocycles. The minimum absolute atomic E-state index is 0.202. The lowest BCUT2D eigenvalue weighted by Crippen LogP contribution is -2.40. The van der Waals surface area contributed by atoms with Gasteiger partial charge in [0.15, 0.2) is 0 Å². The first kappa shape index (κ1) is 77.3. The maximum atomic E-state index is 14.5. The molecular weight excluding hydrogens is 1000 g/mol. The summed E-state index contributed by atoms with van der Waals surface area (Å²) >= 11 is 0. The smallest absolute Gasteiger partial charge is 0.309 e. The van der Waals surface area contributed by atoms with E-state index in [0.717, 1.165) is 97.4 Å². The van der Waals surface area contributed by atoms with Crippen molar-refractivity contribution in [1.29, 1.82) is 0 Å². The number of carbonyl (C=O) groups is 3. The number of nitrogens with zero attached hydrogens (tertiary/aromatic N) is 3. The van der Waals surface area contributed by atoms with Gasteiger partial charge in [0.05, 0.1) is 17.8 Å². The number of carbonyl (C=O) groups excluding carboxylic acids is 3. The molecule has 0 aromatic rings. The van der Waals surface area contributed by atoms with Gasteiger partial charge in [-0.15, -0.1) is 0 Å². The van der Waals surface area contributed by atoms with Crippen molar-refractivity contribution in [3.63, 3.8) is 0 Å². The molecule has 9 nitrogen and oxygen atoms in total.